The highest BCUT2D eigenvalue weighted by Crippen LogP contribution is 2.33. The van der Waals surface area contributed by atoms with Gasteiger partial charge in [0.2, 0.25) is 5.91 Å². The number of likely N-dealkylation sites (tertiary alicyclic amines) is 1. The molecule has 116 valence electrons. The molecule has 0 aromatic heterocycles. The second kappa shape index (κ2) is 7.46. The summed E-state index contributed by atoms with van der Waals surface area (Å²) in [6.45, 7) is 7.15. The fourth-order valence-corrected chi connectivity index (χ4v) is 3.09. The van der Waals surface area contributed by atoms with E-state index in [-0.39, 0.29) is 5.91 Å². The van der Waals surface area contributed by atoms with Gasteiger partial charge in [0.25, 0.3) is 0 Å². The average Bonchev–Trinajstić information content (AvgIpc) is 2.96. The van der Waals surface area contributed by atoms with E-state index in [2.05, 4.69) is 17.0 Å². The minimum atomic E-state index is 0.231. The van der Waals surface area contributed by atoms with Crippen molar-refractivity contribution in [2.24, 2.45) is 0 Å². The van der Waals surface area contributed by atoms with Gasteiger partial charge in [-0.25, -0.2) is 0 Å². The summed E-state index contributed by atoms with van der Waals surface area (Å²) >= 11 is 0. The van der Waals surface area contributed by atoms with Crippen molar-refractivity contribution < 1.29 is 9.53 Å². The van der Waals surface area contributed by atoms with E-state index in [1.165, 1.54) is 5.56 Å². The van der Waals surface area contributed by atoms with Crippen molar-refractivity contribution >= 4 is 5.91 Å². The van der Waals surface area contributed by atoms with Gasteiger partial charge in [0, 0.05) is 19.1 Å². The maximum Gasteiger partial charge on any atom is 0.236 e. The number of likely N-dealkylation sites (N-methyl/N-ethyl adjacent to an activating group) is 1. The monoisotopic (exact) mass is 290 g/mol. The van der Waals surface area contributed by atoms with Crippen LogP contribution in [0.25, 0.3) is 0 Å². The number of rotatable bonds is 6. The van der Waals surface area contributed by atoms with Gasteiger partial charge in [-0.1, -0.05) is 12.1 Å². The number of amides is 1. The molecule has 4 heteroatoms. The smallest absolute Gasteiger partial charge is 0.236 e. The van der Waals surface area contributed by atoms with Crippen molar-refractivity contribution in [1.29, 1.82) is 0 Å². The van der Waals surface area contributed by atoms with Crippen molar-refractivity contribution in [3.8, 4) is 5.75 Å². The summed E-state index contributed by atoms with van der Waals surface area (Å²) in [5.74, 6) is 1.12. The first-order valence-electron chi connectivity index (χ1n) is 7.85. The first-order valence-corrected chi connectivity index (χ1v) is 7.85. The lowest BCUT2D eigenvalue weighted by Crippen LogP contribution is -2.40. The van der Waals surface area contributed by atoms with E-state index in [0.717, 1.165) is 38.2 Å². The molecule has 1 heterocycles. The molecule has 1 aliphatic rings. The molecular formula is C17H26N2O2. The first-order chi connectivity index (χ1) is 10.2. The minimum absolute atomic E-state index is 0.231. The third-order valence-corrected chi connectivity index (χ3v) is 4.30. The van der Waals surface area contributed by atoms with E-state index in [1.54, 1.807) is 7.11 Å². The quantitative estimate of drug-likeness (QED) is 0.807. The zero-order chi connectivity index (χ0) is 15.2. The van der Waals surface area contributed by atoms with Gasteiger partial charge in [0.1, 0.15) is 5.75 Å². The van der Waals surface area contributed by atoms with Gasteiger partial charge in [-0.05, 0) is 50.9 Å². The number of hydrogen-bond acceptors (Lipinski definition) is 3. The Balaban J connectivity index is 2.07. The largest absolute Gasteiger partial charge is 0.497 e. The van der Waals surface area contributed by atoms with Gasteiger partial charge in [-0.15, -0.1) is 0 Å². The molecule has 0 bridgehead atoms. The molecule has 2 rings (SSSR count). The number of ether oxygens (including phenoxy) is 1. The van der Waals surface area contributed by atoms with Crippen LogP contribution in [0.4, 0.5) is 0 Å². The lowest BCUT2D eigenvalue weighted by Gasteiger charge is -2.27. The van der Waals surface area contributed by atoms with Crippen LogP contribution in [0.5, 0.6) is 5.75 Å². The normalized spacial score (nSPS) is 18.7. The van der Waals surface area contributed by atoms with E-state index in [0.29, 0.717) is 12.6 Å². The summed E-state index contributed by atoms with van der Waals surface area (Å²) in [7, 11) is 1.69. The van der Waals surface area contributed by atoms with Crippen LogP contribution >= 0.6 is 0 Å². The number of benzene rings is 1. The Morgan fingerprint density at radius 2 is 2.14 bits per heavy atom. The minimum Gasteiger partial charge on any atom is -0.497 e. The molecule has 0 N–H and O–H groups in total. The summed E-state index contributed by atoms with van der Waals surface area (Å²) < 4.78 is 5.31. The van der Waals surface area contributed by atoms with E-state index in [1.807, 2.05) is 30.9 Å². The third kappa shape index (κ3) is 3.76. The number of carbonyl (C=O) groups excluding carboxylic acids is 1. The number of hydrogen-bond donors (Lipinski definition) is 0. The highest BCUT2D eigenvalue weighted by atomic mass is 16.5. The van der Waals surface area contributed by atoms with Crippen molar-refractivity contribution in [1.82, 2.24) is 9.80 Å². The summed E-state index contributed by atoms with van der Waals surface area (Å²) in [4.78, 5) is 16.5. The van der Waals surface area contributed by atoms with Crippen LogP contribution in [0.15, 0.2) is 24.3 Å². The van der Waals surface area contributed by atoms with Crippen LogP contribution in [-0.4, -0.2) is 49.0 Å². The van der Waals surface area contributed by atoms with E-state index < -0.39 is 0 Å². The molecular weight excluding hydrogens is 264 g/mol. The van der Waals surface area contributed by atoms with Crippen LogP contribution in [0.2, 0.25) is 0 Å². The molecule has 1 unspecified atom stereocenters. The van der Waals surface area contributed by atoms with Gasteiger partial charge in [0.15, 0.2) is 0 Å². The molecule has 4 nitrogen and oxygen atoms in total. The lowest BCUT2D eigenvalue weighted by atomic mass is 10.0. The molecule has 1 aliphatic heterocycles. The Bertz CT molecular complexity index is 472. The summed E-state index contributed by atoms with van der Waals surface area (Å²) in [5, 5.41) is 0. The summed E-state index contributed by atoms with van der Waals surface area (Å²) in [6, 6.07) is 8.54. The van der Waals surface area contributed by atoms with Crippen molar-refractivity contribution in [2.45, 2.75) is 32.7 Å². The number of carbonyl (C=O) groups is 1. The molecule has 21 heavy (non-hydrogen) atoms. The highest BCUT2D eigenvalue weighted by molar-refractivity contribution is 5.78. The zero-order valence-corrected chi connectivity index (χ0v) is 13.3. The Morgan fingerprint density at radius 3 is 2.81 bits per heavy atom. The lowest BCUT2D eigenvalue weighted by molar-refractivity contribution is -0.132. The Labute approximate surface area is 127 Å². The molecule has 1 saturated heterocycles. The van der Waals surface area contributed by atoms with E-state index >= 15 is 0 Å². The first kappa shape index (κ1) is 15.8. The van der Waals surface area contributed by atoms with E-state index in [4.69, 9.17) is 4.74 Å². The standard InChI is InChI=1S/C17H26N2O2/c1-4-18(5-2)17(20)13-19-11-7-10-16(19)14-8-6-9-15(12-14)21-3/h6,8-9,12,16H,4-5,7,10-11,13H2,1-3H3. The van der Waals surface area contributed by atoms with Gasteiger partial charge in [-0.2, -0.15) is 0 Å². The molecule has 0 spiro atoms. The SMILES string of the molecule is CCN(CC)C(=O)CN1CCCC1c1cccc(OC)c1. The zero-order valence-electron chi connectivity index (χ0n) is 13.3. The van der Waals surface area contributed by atoms with Gasteiger partial charge < -0.3 is 9.64 Å². The molecule has 0 radical (unpaired) electrons. The van der Waals surface area contributed by atoms with Gasteiger partial charge >= 0.3 is 0 Å². The molecule has 0 saturated carbocycles. The van der Waals surface area contributed by atoms with Crippen LogP contribution in [0, 0.1) is 0 Å². The Morgan fingerprint density at radius 1 is 1.38 bits per heavy atom. The van der Waals surface area contributed by atoms with Crippen LogP contribution in [-0.2, 0) is 4.79 Å². The molecule has 1 fully saturated rings. The Hall–Kier alpha value is -1.55. The summed E-state index contributed by atoms with van der Waals surface area (Å²) in [5.41, 5.74) is 1.25. The fraction of sp³-hybridized carbons (Fsp3) is 0.588. The maximum atomic E-state index is 12.3. The average molecular weight is 290 g/mol. The van der Waals surface area contributed by atoms with Crippen molar-refractivity contribution in [3.63, 3.8) is 0 Å². The predicted octanol–water partition coefficient (Wildman–Crippen LogP) is 2.70. The highest BCUT2D eigenvalue weighted by Gasteiger charge is 2.28. The molecule has 1 aromatic rings. The van der Waals surface area contributed by atoms with Gasteiger partial charge in [-0.3, -0.25) is 9.69 Å². The van der Waals surface area contributed by atoms with Crippen LogP contribution < -0.4 is 4.74 Å². The maximum absolute atomic E-state index is 12.3. The number of nitrogens with zero attached hydrogens (tertiary/aromatic N) is 2. The number of methoxy groups -OCH3 is 1. The van der Waals surface area contributed by atoms with Crippen molar-refractivity contribution in [3.05, 3.63) is 29.8 Å². The summed E-state index contributed by atoms with van der Waals surface area (Å²) in [6.07, 6.45) is 2.26. The predicted molar refractivity (Wildman–Crippen MR) is 84.5 cm³/mol. The van der Waals surface area contributed by atoms with Gasteiger partial charge in [0.05, 0.1) is 13.7 Å². The van der Waals surface area contributed by atoms with Crippen LogP contribution in [0.3, 0.4) is 0 Å². The topological polar surface area (TPSA) is 32.8 Å². The second-order valence-electron chi connectivity index (χ2n) is 5.47. The molecule has 1 atom stereocenters. The fourth-order valence-electron chi connectivity index (χ4n) is 3.09. The van der Waals surface area contributed by atoms with E-state index in [9.17, 15) is 4.79 Å². The molecule has 1 amide bonds. The second-order valence-corrected chi connectivity index (χ2v) is 5.47. The molecule has 0 aliphatic carbocycles. The van der Waals surface area contributed by atoms with Crippen molar-refractivity contribution in [2.75, 3.05) is 33.3 Å². The van der Waals surface area contributed by atoms with Crippen LogP contribution in [0.1, 0.15) is 38.3 Å². The third-order valence-electron chi connectivity index (χ3n) is 4.30. The molecule has 1 aromatic carbocycles. The Kier molecular flexibility index (Phi) is 5.62.